The number of rotatable bonds is 3. The van der Waals surface area contributed by atoms with Crippen LogP contribution in [0.25, 0.3) is 0 Å². The normalized spacial score (nSPS) is 26.4. The van der Waals surface area contributed by atoms with Crippen molar-refractivity contribution in [3.8, 4) is 0 Å². The van der Waals surface area contributed by atoms with Crippen molar-refractivity contribution in [1.29, 1.82) is 0 Å². The Kier molecular flexibility index (Phi) is 3.52. The summed E-state index contributed by atoms with van der Waals surface area (Å²) in [6, 6.07) is 6.37. The molecule has 0 saturated carbocycles. The van der Waals surface area contributed by atoms with Gasteiger partial charge in [0.05, 0.1) is 11.5 Å². The van der Waals surface area contributed by atoms with E-state index >= 15 is 0 Å². The first-order valence-corrected chi connectivity index (χ1v) is 8.13. The maximum atomic E-state index is 11.5. The van der Waals surface area contributed by atoms with E-state index in [0.29, 0.717) is 12.2 Å². The number of hydrogen-bond acceptors (Lipinski definition) is 3. The zero-order valence-electron chi connectivity index (χ0n) is 11.3. The Hall–Kier alpha value is -0.870. The monoisotopic (exact) mass is 267 g/mol. The van der Waals surface area contributed by atoms with Crippen molar-refractivity contribution in [2.45, 2.75) is 39.3 Å². The predicted octanol–water partition coefficient (Wildman–Crippen LogP) is 1.97. The van der Waals surface area contributed by atoms with Crippen LogP contribution in [0.15, 0.2) is 18.2 Å². The van der Waals surface area contributed by atoms with Crippen LogP contribution < -0.4 is 5.32 Å². The highest BCUT2D eigenvalue weighted by Gasteiger charge is 2.37. The minimum atomic E-state index is -2.84. The zero-order valence-corrected chi connectivity index (χ0v) is 12.1. The van der Waals surface area contributed by atoms with Crippen molar-refractivity contribution in [3.05, 3.63) is 34.9 Å². The third-order valence-corrected chi connectivity index (χ3v) is 5.70. The van der Waals surface area contributed by atoms with Crippen LogP contribution in [0, 0.1) is 13.8 Å². The predicted molar refractivity (Wildman–Crippen MR) is 74.4 cm³/mol. The van der Waals surface area contributed by atoms with Crippen LogP contribution in [0.1, 0.15) is 30.0 Å². The summed E-state index contributed by atoms with van der Waals surface area (Å²) < 4.78 is 23.0. The molecule has 1 aromatic carbocycles. The van der Waals surface area contributed by atoms with Gasteiger partial charge in [-0.05, 0) is 43.9 Å². The van der Waals surface area contributed by atoms with Crippen LogP contribution in [0.5, 0.6) is 0 Å². The molecule has 1 aromatic rings. The fourth-order valence-corrected chi connectivity index (χ4v) is 4.50. The lowest BCUT2D eigenvalue weighted by Crippen LogP contribution is -2.42. The van der Waals surface area contributed by atoms with E-state index in [4.69, 9.17) is 0 Å². The van der Waals surface area contributed by atoms with E-state index in [-0.39, 0.29) is 11.3 Å². The molecule has 3 nitrogen and oxygen atoms in total. The molecule has 0 aliphatic carbocycles. The van der Waals surface area contributed by atoms with Crippen molar-refractivity contribution in [1.82, 2.24) is 5.32 Å². The molecule has 1 saturated heterocycles. The van der Waals surface area contributed by atoms with Gasteiger partial charge in [-0.15, -0.1) is 0 Å². The Bertz CT molecular complexity index is 551. The molecule has 0 amide bonds. The van der Waals surface area contributed by atoms with E-state index in [1.165, 1.54) is 16.7 Å². The summed E-state index contributed by atoms with van der Waals surface area (Å²) in [6.07, 6.45) is 0.709. The molecular weight excluding hydrogens is 246 g/mol. The van der Waals surface area contributed by atoms with Crippen LogP contribution in [-0.4, -0.2) is 25.5 Å². The van der Waals surface area contributed by atoms with E-state index < -0.39 is 9.84 Å². The van der Waals surface area contributed by atoms with Crippen molar-refractivity contribution in [3.63, 3.8) is 0 Å². The highest BCUT2D eigenvalue weighted by Crippen LogP contribution is 2.23. The van der Waals surface area contributed by atoms with E-state index in [0.717, 1.165) is 6.54 Å². The molecular formula is C14H21NO2S. The van der Waals surface area contributed by atoms with Gasteiger partial charge in [-0.3, -0.25) is 0 Å². The minimum Gasteiger partial charge on any atom is -0.306 e. The number of hydrogen-bond donors (Lipinski definition) is 1. The third kappa shape index (κ3) is 3.12. The lowest BCUT2D eigenvalue weighted by Gasteiger charge is -2.24. The largest absolute Gasteiger partial charge is 0.306 e. The molecule has 0 aromatic heterocycles. The quantitative estimate of drug-likeness (QED) is 0.911. The molecule has 4 heteroatoms. The molecule has 0 bridgehead atoms. The number of benzene rings is 1. The van der Waals surface area contributed by atoms with Gasteiger partial charge < -0.3 is 5.32 Å². The van der Waals surface area contributed by atoms with E-state index in [1.54, 1.807) is 0 Å². The van der Waals surface area contributed by atoms with Gasteiger partial charge in [-0.1, -0.05) is 18.2 Å². The summed E-state index contributed by atoms with van der Waals surface area (Å²) in [6.45, 7) is 6.92. The average Bonchev–Trinajstić information content (AvgIpc) is 2.56. The fourth-order valence-electron chi connectivity index (χ4n) is 2.38. The summed E-state index contributed by atoms with van der Waals surface area (Å²) in [5.41, 5.74) is 3.51. The van der Waals surface area contributed by atoms with Crippen molar-refractivity contribution in [2.24, 2.45) is 0 Å². The summed E-state index contributed by atoms with van der Waals surface area (Å²) >= 11 is 0. The molecule has 0 spiro atoms. The van der Waals surface area contributed by atoms with Crippen LogP contribution in [0.4, 0.5) is 0 Å². The SMILES string of the molecule is Cc1ccc(CNC2(C)CCS(=O)(=O)C2)cc1C. The maximum Gasteiger partial charge on any atom is 0.152 e. The molecule has 1 fully saturated rings. The second kappa shape index (κ2) is 4.67. The van der Waals surface area contributed by atoms with Gasteiger partial charge in [-0.2, -0.15) is 0 Å². The Labute approximate surface area is 110 Å². The highest BCUT2D eigenvalue weighted by atomic mass is 32.2. The average molecular weight is 267 g/mol. The summed E-state index contributed by atoms with van der Waals surface area (Å²) in [7, 11) is -2.84. The van der Waals surface area contributed by atoms with Gasteiger partial charge in [0.15, 0.2) is 9.84 Å². The minimum absolute atomic E-state index is 0.255. The molecule has 18 heavy (non-hydrogen) atoms. The highest BCUT2D eigenvalue weighted by molar-refractivity contribution is 7.91. The Balaban J connectivity index is 2.02. The first-order chi connectivity index (χ1) is 8.30. The molecule has 1 atom stereocenters. The Morgan fingerprint density at radius 3 is 2.56 bits per heavy atom. The van der Waals surface area contributed by atoms with Crippen LogP contribution in [0.3, 0.4) is 0 Å². The first kappa shape index (κ1) is 13.6. The second-order valence-corrected chi connectivity index (χ2v) is 7.86. The standard InChI is InChI=1S/C14H21NO2S/c1-11-4-5-13(8-12(11)2)9-15-14(3)6-7-18(16,17)10-14/h4-5,8,15H,6-7,9-10H2,1-3H3. The first-order valence-electron chi connectivity index (χ1n) is 6.31. The summed E-state index contributed by atoms with van der Waals surface area (Å²) in [4.78, 5) is 0. The zero-order chi connectivity index (χ0) is 13.4. The van der Waals surface area contributed by atoms with Gasteiger partial charge in [0, 0.05) is 12.1 Å². The van der Waals surface area contributed by atoms with Gasteiger partial charge >= 0.3 is 0 Å². The van der Waals surface area contributed by atoms with E-state index in [1.807, 2.05) is 6.92 Å². The Morgan fingerprint density at radius 2 is 2.00 bits per heavy atom. The molecule has 1 aliphatic heterocycles. The molecule has 1 heterocycles. The molecule has 1 aliphatic rings. The molecule has 100 valence electrons. The lowest BCUT2D eigenvalue weighted by atomic mass is 10.0. The summed E-state index contributed by atoms with van der Waals surface area (Å²) in [5.74, 6) is 0.564. The van der Waals surface area contributed by atoms with Crippen LogP contribution in [-0.2, 0) is 16.4 Å². The van der Waals surface area contributed by atoms with E-state index in [9.17, 15) is 8.42 Å². The topological polar surface area (TPSA) is 46.2 Å². The molecule has 0 radical (unpaired) electrons. The molecule has 2 rings (SSSR count). The second-order valence-electron chi connectivity index (χ2n) is 5.67. The molecule has 1 N–H and O–H groups in total. The summed E-state index contributed by atoms with van der Waals surface area (Å²) in [5, 5.41) is 3.40. The van der Waals surface area contributed by atoms with Gasteiger partial charge in [0.2, 0.25) is 0 Å². The van der Waals surface area contributed by atoms with Gasteiger partial charge in [0.25, 0.3) is 0 Å². The van der Waals surface area contributed by atoms with Crippen molar-refractivity contribution in [2.75, 3.05) is 11.5 Å². The van der Waals surface area contributed by atoms with Crippen molar-refractivity contribution >= 4 is 9.84 Å². The third-order valence-electron chi connectivity index (χ3n) is 3.79. The fraction of sp³-hybridized carbons (Fsp3) is 0.571. The Morgan fingerprint density at radius 1 is 1.28 bits per heavy atom. The molecule has 1 unspecified atom stereocenters. The number of nitrogens with one attached hydrogen (secondary N) is 1. The van der Waals surface area contributed by atoms with Crippen LogP contribution in [0.2, 0.25) is 0 Å². The van der Waals surface area contributed by atoms with Crippen LogP contribution >= 0.6 is 0 Å². The van der Waals surface area contributed by atoms with E-state index in [2.05, 4.69) is 37.4 Å². The smallest absolute Gasteiger partial charge is 0.152 e. The lowest BCUT2D eigenvalue weighted by molar-refractivity contribution is 0.395. The van der Waals surface area contributed by atoms with Gasteiger partial charge in [0.1, 0.15) is 0 Å². The number of sulfone groups is 1. The van der Waals surface area contributed by atoms with Crippen molar-refractivity contribution < 1.29 is 8.42 Å². The maximum absolute atomic E-state index is 11.5. The number of aryl methyl sites for hydroxylation is 2. The van der Waals surface area contributed by atoms with Gasteiger partial charge in [-0.25, -0.2) is 8.42 Å².